The zero-order valence-electron chi connectivity index (χ0n) is 17.3. The van der Waals surface area contributed by atoms with Crippen LogP contribution in [0.2, 0.25) is 10.0 Å². The van der Waals surface area contributed by atoms with Crippen molar-refractivity contribution in [3.05, 3.63) is 91.2 Å². The van der Waals surface area contributed by atoms with Gasteiger partial charge in [0.2, 0.25) is 0 Å². The number of rotatable bonds is 5. The van der Waals surface area contributed by atoms with Gasteiger partial charge in [-0.05, 0) is 60.0 Å². The van der Waals surface area contributed by atoms with Gasteiger partial charge in [0.1, 0.15) is 4.90 Å². The molecule has 0 aliphatic rings. The van der Waals surface area contributed by atoms with Crippen LogP contribution in [-0.4, -0.2) is 18.2 Å². The minimum Gasteiger partial charge on any atom is -0.295 e. The second kappa shape index (κ2) is 8.48. The lowest BCUT2D eigenvalue weighted by molar-refractivity contribution is 0.507. The van der Waals surface area contributed by atoms with Crippen molar-refractivity contribution < 1.29 is 17.2 Å². The van der Waals surface area contributed by atoms with E-state index in [1.165, 1.54) is 36.0 Å². The van der Waals surface area contributed by atoms with Crippen molar-refractivity contribution in [2.24, 2.45) is 7.05 Å². The summed E-state index contributed by atoms with van der Waals surface area (Å²) in [4.78, 5) is 12.6. The molecule has 6 nitrogen and oxygen atoms in total. The number of hydrogen-bond donors (Lipinski definition) is 2. The summed E-state index contributed by atoms with van der Waals surface area (Å²) in [5.41, 5.74) is 1.15. The Labute approximate surface area is 197 Å². The molecule has 2 N–H and O–H groups in total. The molecule has 1 aromatic heterocycles. The van der Waals surface area contributed by atoms with E-state index in [1.54, 1.807) is 13.0 Å². The van der Waals surface area contributed by atoms with Crippen LogP contribution in [0.5, 0.6) is 0 Å². The van der Waals surface area contributed by atoms with E-state index in [-0.39, 0.29) is 32.4 Å². The lowest BCUT2D eigenvalue weighted by atomic mass is 9.99. The van der Waals surface area contributed by atoms with Crippen molar-refractivity contribution in [1.29, 1.82) is 0 Å². The predicted octanol–water partition coefficient (Wildman–Crippen LogP) is 5.15. The topological polar surface area (TPSA) is 84.0 Å². The summed E-state index contributed by atoms with van der Waals surface area (Å²) in [7, 11) is -2.67. The number of halogens is 4. The number of fused-ring (bicyclic) bond motifs is 1. The third-order valence-electron chi connectivity index (χ3n) is 5.19. The molecule has 0 aliphatic heterocycles. The first kappa shape index (κ1) is 23.3. The van der Waals surface area contributed by atoms with Crippen LogP contribution in [0.3, 0.4) is 0 Å². The van der Waals surface area contributed by atoms with Gasteiger partial charge in [-0.3, -0.25) is 19.3 Å². The number of nitrogens with zero attached hydrogens (tertiary/aromatic N) is 1. The summed E-state index contributed by atoms with van der Waals surface area (Å²) >= 11 is 12.1. The van der Waals surface area contributed by atoms with Gasteiger partial charge in [0.15, 0.2) is 11.6 Å². The predicted molar refractivity (Wildman–Crippen MR) is 125 cm³/mol. The smallest absolute Gasteiger partial charge is 0.274 e. The Morgan fingerprint density at radius 3 is 2.45 bits per heavy atom. The van der Waals surface area contributed by atoms with Crippen LogP contribution in [0.25, 0.3) is 10.9 Å². The summed E-state index contributed by atoms with van der Waals surface area (Å²) < 4.78 is 57.4. The molecule has 0 amide bonds. The minimum absolute atomic E-state index is 0.0349. The van der Waals surface area contributed by atoms with Gasteiger partial charge in [0, 0.05) is 18.5 Å². The Balaban J connectivity index is 1.89. The van der Waals surface area contributed by atoms with E-state index in [2.05, 4.69) is 9.82 Å². The second-order valence-corrected chi connectivity index (χ2v) is 10.0. The molecule has 0 fully saturated rings. The number of aryl methyl sites for hydroxylation is 2. The zero-order chi connectivity index (χ0) is 24.1. The molecule has 4 aromatic rings. The maximum absolute atomic E-state index is 13.8. The van der Waals surface area contributed by atoms with Gasteiger partial charge in [-0.25, -0.2) is 17.2 Å². The number of benzene rings is 3. The van der Waals surface area contributed by atoms with Crippen LogP contribution >= 0.6 is 23.2 Å². The monoisotopic (exact) mass is 511 g/mol. The minimum atomic E-state index is -4.19. The van der Waals surface area contributed by atoms with E-state index in [0.29, 0.717) is 22.2 Å². The number of sulfonamides is 1. The average molecular weight is 512 g/mol. The van der Waals surface area contributed by atoms with Gasteiger partial charge in [-0.1, -0.05) is 29.3 Å². The first-order valence-corrected chi connectivity index (χ1v) is 11.8. The maximum atomic E-state index is 13.8. The highest BCUT2D eigenvalue weighted by Gasteiger charge is 2.24. The number of anilines is 1. The van der Waals surface area contributed by atoms with E-state index in [0.717, 1.165) is 12.1 Å². The van der Waals surface area contributed by atoms with E-state index >= 15 is 0 Å². The SMILES string of the molecule is Cc1cc(Cl)cc(Cl)c1S(=O)(=O)Nc1ccc2[nH]n(C)c(=O)c2c1Cc1ccc(F)c(F)c1. The van der Waals surface area contributed by atoms with Crippen LogP contribution in [0, 0.1) is 18.6 Å². The van der Waals surface area contributed by atoms with E-state index in [9.17, 15) is 22.0 Å². The van der Waals surface area contributed by atoms with E-state index in [1.807, 2.05) is 0 Å². The largest absolute Gasteiger partial charge is 0.295 e. The van der Waals surface area contributed by atoms with Crippen LogP contribution in [0.1, 0.15) is 16.7 Å². The number of aromatic amines is 1. The second-order valence-electron chi connectivity index (χ2n) is 7.55. The standard InChI is InChI=1S/C22H17Cl2F2N3O3S/c1-11-7-13(23)10-15(24)21(11)33(31,32)28-18-5-6-19-20(22(30)29(2)27-19)14(18)8-12-3-4-16(25)17(26)9-12/h3-7,9-10,27-28H,8H2,1-2H3. The molecule has 4 rings (SSSR count). The number of aromatic nitrogens is 2. The molecule has 0 spiro atoms. The Morgan fingerprint density at radius 1 is 1.06 bits per heavy atom. The molecule has 0 saturated heterocycles. The van der Waals surface area contributed by atoms with E-state index < -0.39 is 27.2 Å². The first-order chi connectivity index (χ1) is 15.5. The molecule has 0 saturated carbocycles. The molecule has 1 heterocycles. The van der Waals surface area contributed by atoms with E-state index in [4.69, 9.17) is 23.2 Å². The lowest BCUT2D eigenvalue weighted by Gasteiger charge is -2.16. The third-order valence-corrected chi connectivity index (χ3v) is 7.39. The zero-order valence-corrected chi connectivity index (χ0v) is 19.7. The Morgan fingerprint density at radius 2 is 1.79 bits per heavy atom. The molecular weight excluding hydrogens is 495 g/mol. The van der Waals surface area contributed by atoms with Crippen LogP contribution in [0.4, 0.5) is 14.5 Å². The fourth-order valence-corrected chi connectivity index (χ4v) is 6.02. The molecule has 0 bridgehead atoms. The maximum Gasteiger partial charge on any atom is 0.274 e. The Hall–Kier alpha value is -2.88. The van der Waals surface area contributed by atoms with Crippen molar-refractivity contribution >= 4 is 49.8 Å². The van der Waals surface area contributed by atoms with Gasteiger partial charge in [-0.15, -0.1) is 0 Å². The number of H-pyrrole nitrogens is 1. The van der Waals surface area contributed by atoms with Crippen LogP contribution < -0.4 is 10.3 Å². The molecule has 33 heavy (non-hydrogen) atoms. The molecule has 172 valence electrons. The summed E-state index contributed by atoms with van der Waals surface area (Å²) in [6.45, 7) is 1.56. The molecule has 0 radical (unpaired) electrons. The van der Waals surface area contributed by atoms with Crippen LogP contribution in [0.15, 0.2) is 52.2 Å². The average Bonchev–Trinajstić information content (AvgIpc) is 2.99. The summed E-state index contributed by atoms with van der Waals surface area (Å²) in [5.74, 6) is -2.06. The summed E-state index contributed by atoms with van der Waals surface area (Å²) in [5, 5.41) is 3.32. The quantitative estimate of drug-likeness (QED) is 0.388. The van der Waals surface area contributed by atoms with Crippen molar-refractivity contribution in [2.45, 2.75) is 18.2 Å². The molecular formula is C22H17Cl2F2N3O3S. The highest BCUT2D eigenvalue weighted by atomic mass is 35.5. The van der Waals surface area contributed by atoms with Gasteiger partial charge in [0.05, 0.1) is 21.6 Å². The van der Waals surface area contributed by atoms with Gasteiger partial charge in [0.25, 0.3) is 15.6 Å². The summed E-state index contributed by atoms with van der Waals surface area (Å²) in [6.07, 6.45) is -0.0349. The third kappa shape index (κ3) is 4.36. The van der Waals surface area contributed by atoms with Crippen molar-refractivity contribution in [1.82, 2.24) is 9.78 Å². The van der Waals surface area contributed by atoms with Gasteiger partial charge < -0.3 is 0 Å². The highest BCUT2D eigenvalue weighted by Crippen LogP contribution is 2.33. The normalized spacial score (nSPS) is 11.8. The Bertz CT molecular complexity index is 1560. The molecule has 0 atom stereocenters. The van der Waals surface area contributed by atoms with Gasteiger partial charge >= 0.3 is 0 Å². The number of hydrogen-bond acceptors (Lipinski definition) is 3. The summed E-state index contributed by atoms with van der Waals surface area (Å²) in [6, 6.07) is 9.18. The van der Waals surface area contributed by atoms with Crippen molar-refractivity contribution in [3.63, 3.8) is 0 Å². The Kier molecular flexibility index (Phi) is 5.98. The van der Waals surface area contributed by atoms with Crippen molar-refractivity contribution in [3.8, 4) is 0 Å². The fourth-order valence-electron chi connectivity index (χ4n) is 3.74. The van der Waals surface area contributed by atoms with Crippen molar-refractivity contribution in [2.75, 3.05) is 4.72 Å². The van der Waals surface area contributed by atoms with Gasteiger partial charge in [-0.2, -0.15) is 0 Å². The lowest BCUT2D eigenvalue weighted by Crippen LogP contribution is -2.17. The molecule has 3 aromatic carbocycles. The number of nitrogens with one attached hydrogen (secondary N) is 2. The fraction of sp³-hybridized carbons (Fsp3) is 0.136. The first-order valence-electron chi connectivity index (χ1n) is 9.61. The molecule has 11 heteroatoms. The molecule has 0 unspecified atom stereocenters. The molecule has 0 aliphatic carbocycles. The highest BCUT2D eigenvalue weighted by molar-refractivity contribution is 7.93. The van der Waals surface area contributed by atoms with Crippen LogP contribution in [-0.2, 0) is 23.5 Å².